The lowest BCUT2D eigenvalue weighted by molar-refractivity contribution is -0.130. The minimum atomic E-state index is -0.183. The SMILES string of the molecule is CCC1(C(=O)NCC2CCC(O)C2)CCNC1. The van der Waals surface area contributed by atoms with Crippen molar-refractivity contribution < 1.29 is 9.90 Å². The van der Waals surface area contributed by atoms with Gasteiger partial charge in [0.1, 0.15) is 0 Å². The third-order valence-electron chi connectivity index (χ3n) is 4.47. The number of hydrogen-bond donors (Lipinski definition) is 3. The van der Waals surface area contributed by atoms with Crippen molar-refractivity contribution >= 4 is 5.91 Å². The second-order valence-corrected chi connectivity index (χ2v) is 5.60. The molecule has 17 heavy (non-hydrogen) atoms. The predicted octanol–water partition coefficient (Wildman–Crippen LogP) is 0.653. The molecular formula is C13H24N2O2. The molecule has 2 aliphatic rings. The molecule has 1 amide bonds. The maximum Gasteiger partial charge on any atom is 0.227 e. The molecule has 0 radical (unpaired) electrons. The van der Waals surface area contributed by atoms with E-state index in [0.29, 0.717) is 5.92 Å². The number of amides is 1. The van der Waals surface area contributed by atoms with Crippen molar-refractivity contribution in [2.75, 3.05) is 19.6 Å². The predicted molar refractivity (Wildman–Crippen MR) is 66.6 cm³/mol. The van der Waals surface area contributed by atoms with Crippen molar-refractivity contribution in [3.8, 4) is 0 Å². The van der Waals surface area contributed by atoms with Crippen LogP contribution in [0.1, 0.15) is 39.0 Å². The summed E-state index contributed by atoms with van der Waals surface area (Å²) in [7, 11) is 0. The van der Waals surface area contributed by atoms with E-state index in [-0.39, 0.29) is 17.4 Å². The molecule has 0 aromatic heterocycles. The third kappa shape index (κ3) is 2.80. The van der Waals surface area contributed by atoms with Gasteiger partial charge in [0.05, 0.1) is 11.5 Å². The number of rotatable bonds is 4. The average Bonchev–Trinajstić information content (AvgIpc) is 2.95. The topological polar surface area (TPSA) is 61.4 Å². The lowest BCUT2D eigenvalue weighted by atomic mass is 9.83. The number of aliphatic hydroxyl groups excluding tert-OH is 1. The molecular weight excluding hydrogens is 216 g/mol. The minimum absolute atomic E-state index is 0.148. The highest BCUT2D eigenvalue weighted by atomic mass is 16.3. The highest BCUT2D eigenvalue weighted by molar-refractivity contribution is 5.83. The summed E-state index contributed by atoms with van der Waals surface area (Å²) in [6.07, 6.45) is 4.48. The quantitative estimate of drug-likeness (QED) is 0.676. The van der Waals surface area contributed by atoms with E-state index in [1.54, 1.807) is 0 Å². The van der Waals surface area contributed by atoms with Crippen molar-refractivity contribution in [2.45, 2.75) is 45.1 Å². The zero-order valence-electron chi connectivity index (χ0n) is 10.7. The van der Waals surface area contributed by atoms with E-state index in [4.69, 9.17) is 0 Å². The summed E-state index contributed by atoms with van der Waals surface area (Å²) in [4.78, 5) is 12.2. The Bertz CT molecular complexity index is 275. The Balaban J connectivity index is 1.80. The van der Waals surface area contributed by atoms with Crippen LogP contribution < -0.4 is 10.6 Å². The third-order valence-corrected chi connectivity index (χ3v) is 4.47. The van der Waals surface area contributed by atoms with E-state index in [1.807, 2.05) is 0 Å². The van der Waals surface area contributed by atoms with Crippen molar-refractivity contribution in [3.63, 3.8) is 0 Å². The van der Waals surface area contributed by atoms with E-state index < -0.39 is 0 Å². The average molecular weight is 240 g/mol. The van der Waals surface area contributed by atoms with Crippen molar-refractivity contribution in [2.24, 2.45) is 11.3 Å². The summed E-state index contributed by atoms with van der Waals surface area (Å²) >= 11 is 0. The molecule has 98 valence electrons. The molecule has 0 spiro atoms. The van der Waals surface area contributed by atoms with Gasteiger partial charge in [0.25, 0.3) is 0 Å². The molecule has 3 N–H and O–H groups in total. The number of nitrogens with one attached hydrogen (secondary N) is 2. The van der Waals surface area contributed by atoms with Crippen LogP contribution in [-0.2, 0) is 4.79 Å². The van der Waals surface area contributed by atoms with Crippen LogP contribution in [0, 0.1) is 11.3 Å². The molecule has 0 aromatic rings. The molecule has 1 aliphatic carbocycles. The first-order valence-corrected chi connectivity index (χ1v) is 6.83. The van der Waals surface area contributed by atoms with Crippen LogP contribution in [0.5, 0.6) is 0 Å². The van der Waals surface area contributed by atoms with E-state index in [2.05, 4.69) is 17.6 Å². The Morgan fingerprint density at radius 3 is 2.88 bits per heavy atom. The fourth-order valence-corrected chi connectivity index (χ4v) is 3.06. The largest absolute Gasteiger partial charge is 0.393 e. The summed E-state index contributed by atoms with van der Waals surface area (Å²) in [5.74, 6) is 0.670. The Morgan fingerprint density at radius 1 is 1.53 bits per heavy atom. The molecule has 0 bridgehead atoms. The standard InChI is InChI=1S/C13H24N2O2/c1-2-13(5-6-14-9-13)12(17)15-8-10-3-4-11(16)7-10/h10-11,14,16H,2-9H2,1H3,(H,15,17). The van der Waals surface area contributed by atoms with Gasteiger partial charge in [-0.2, -0.15) is 0 Å². The number of carbonyl (C=O) groups is 1. The number of aliphatic hydroxyl groups is 1. The van der Waals surface area contributed by atoms with Gasteiger partial charge in [0.2, 0.25) is 5.91 Å². The van der Waals surface area contributed by atoms with Crippen LogP contribution in [0.3, 0.4) is 0 Å². The van der Waals surface area contributed by atoms with Crippen LogP contribution in [-0.4, -0.2) is 36.8 Å². The maximum absolute atomic E-state index is 12.2. The van der Waals surface area contributed by atoms with E-state index in [9.17, 15) is 9.90 Å². The van der Waals surface area contributed by atoms with E-state index >= 15 is 0 Å². The van der Waals surface area contributed by atoms with E-state index in [1.165, 1.54) is 0 Å². The van der Waals surface area contributed by atoms with Crippen molar-refractivity contribution in [3.05, 3.63) is 0 Å². The molecule has 2 rings (SSSR count). The van der Waals surface area contributed by atoms with Gasteiger partial charge in [-0.05, 0) is 44.6 Å². The number of carbonyl (C=O) groups excluding carboxylic acids is 1. The van der Waals surface area contributed by atoms with Crippen LogP contribution in [0.4, 0.5) is 0 Å². The van der Waals surface area contributed by atoms with Crippen LogP contribution in [0.25, 0.3) is 0 Å². The lowest BCUT2D eigenvalue weighted by Crippen LogP contribution is -2.43. The van der Waals surface area contributed by atoms with Gasteiger partial charge >= 0.3 is 0 Å². The first kappa shape index (κ1) is 12.8. The van der Waals surface area contributed by atoms with E-state index in [0.717, 1.165) is 51.7 Å². The lowest BCUT2D eigenvalue weighted by Gasteiger charge is -2.26. The highest BCUT2D eigenvalue weighted by Crippen LogP contribution is 2.30. The maximum atomic E-state index is 12.2. The van der Waals surface area contributed by atoms with Gasteiger partial charge in [-0.3, -0.25) is 4.79 Å². The summed E-state index contributed by atoms with van der Waals surface area (Å²) in [6, 6.07) is 0. The van der Waals surface area contributed by atoms with Gasteiger partial charge in [0.15, 0.2) is 0 Å². The molecule has 4 heteroatoms. The molecule has 1 saturated carbocycles. The van der Waals surface area contributed by atoms with Gasteiger partial charge in [0, 0.05) is 13.1 Å². The smallest absolute Gasteiger partial charge is 0.227 e. The second-order valence-electron chi connectivity index (χ2n) is 5.60. The Morgan fingerprint density at radius 2 is 2.35 bits per heavy atom. The minimum Gasteiger partial charge on any atom is -0.393 e. The summed E-state index contributed by atoms with van der Waals surface area (Å²) < 4.78 is 0. The van der Waals surface area contributed by atoms with Gasteiger partial charge in [-0.25, -0.2) is 0 Å². The number of hydrogen-bond acceptors (Lipinski definition) is 3. The zero-order chi connectivity index (χ0) is 12.3. The molecule has 4 nitrogen and oxygen atoms in total. The summed E-state index contributed by atoms with van der Waals surface area (Å²) in [5, 5.41) is 15.8. The van der Waals surface area contributed by atoms with Gasteiger partial charge in [-0.1, -0.05) is 6.92 Å². The summed E-state index contributed by atoms with van der Waals surface area (Å²) in [5.41, 5.74) is -0.183. The zero-order valence-corrected chi connectivity index (χ0v) is 10.7. The molecule has 3 atom stereocenters. The Hall–Kier alpha value is -0.610. The molecule has 1 aliphatic heterocycles. The van der Waals surface area contributed by atoms with Crippen molar-refractivity contribution in [1.29, 1.82) is 0 Å². The molecule has 1 heterocycles. The van der Waals surface area contributed by atoms with Crippen LogP contribution in [0.2, 0.25) is 0 Å². The Labute approximate surface area is 103 Å². The second kappa shape index (κ2) is 5.36. The fourth-order valence-electron chi connectivity index (χ4n) is 3.06. The molecule has 2 fully saturated rings. The van der Waals surface area contributed by atoms with Crippen molar-refractivity contribution in [1.82, 2.24) is 10.6 Å². The van der Waals surface area contributed by atoms with Crippen LogP contribution >= 0.6 is 0 Å². The van der Waals surface area contributed by atoms with Gasteiger partial charge < -0.3 is 15.7 Å². The first-order chi connectivity index (χ1) is 8.16. The van der Waals surface area contributed by atoms with Crippen LogP contribution in [0.15, 0.2) is 0 Å². The Kier molecular flexibility index (Phi) is 4.05. The molecule has 3 unspecified atom stereocenters. The fraction of sp³-hybridized carbons (Fsp3) is 0.923. The summed E-state index contributed by atoms with van der Waals surface area (Å²) in [6.45, 7) is 4.58. The van der Waals surface area contributed by atoms with Gasteiger partial charge in [-0.15, -0.1) is 0 Å². The monoisotopic (exact) mass is 240 g/mol. The highest BCUT2D eigenvalue weighted by Gasteiger charge is 2.39. The molecule has 1 saturated heterocycles. The first-order valence-electron chi connectivity index (χ1n) is 6.83. The normalized spacial score (nSPS) is 37.3. The molecule has 0 aromatic carbocycles.